The van der Waals surface area contributed by atoms with Gasteiger partial charge < -0.3 is 0 Å². The third-order valence-electron chi connectivity index (χ3n) is 3.16. The van der Waals surface area contributed by atoms with Crippen LogP contribution < -0.4 is 0 Å². The first-order valence-electron chi connectivity index (χ1n) is 7.44. The van der Waals surface area contributed by atoms with Crippen LogP contribution in [0.4, 0.5) is 0 Å². The molecule has 3 aromatic rings. The van der Waals surface area contributed by atoms with Gasteiger partial charge in [0.25, 0.3) is 0 Å². The van der Waals surface area contributed by atoms with E-state index >= 15 is 0 Å². The van der Waals surface area contributed by atoms with Gasteiger partial charge in [-0.2, -0.15) is 4.37 Å². The Morgan fingerprint density at radius 1 is 0.909 bits per heavy atom. The number of aromatic nitrogens is 2. The molecule has 22 heavy (non-hydrogen) atoms. The number of nitrogens with zero attached hydrogens (tertiary/aromatic N) is 2. The molecule has 0 spiro atoms. The van der Waals surface area contributed by atoms with Gasteiger partial charge in [0.2, 0.25) is 0 Å². The number of hydrogen-bond acceptors (Lipinski definition) is 4. The normalized spacial score (nSPS) is 12.1. The first-order valence-corrected chi connectivity index (χ1v) is 9.10. The van der Waals surface area contributed by atoms with Crippen molar-refractivity contribution in [2.45, 2.75) is 52.4 Å². The SMILES string of the molecule is CC(C)(C)c1nccs1.CC(C)(C)c1nsc2ccccc12. The van der Waals surface area contributed by atoms with E-state index in [4.69, 9.17) is 0 Å². The zero-order valence-corrected chi connectivity index (χ0v) is 15.8. The second-order valence-corrected chi connectivity index (χ2v) is 9.06. The lowest BCUT2D eigenvalue weighted by Crippen LogP contribution is -2.11. The van der Waals surface area contributed by atoms with Crippen molar-refractivity contribution in [3.05, 3.63) is 46.5 Å². The van der Waals surface area contributed by atoms with E-state index in [1.54, 1.807) is 22.9 Å². The zero-order valence-electron chi connectivity index (χ0n) is 14.2. The maximum Gasteiger partial charge on any atom is 0.0978 e. The van der Waals surface area contributed by atoms with Crippen LogP contribution in [0.15, 0.2) is 35.8 Å². The molecule has 2 heterocycles. The van der Waals surface area contributed by atoms with Gasteiger partial charge in [0.05, 0.1) is 15.4 Å². The molecular weight excluding hydrogens is 308 g/mol. The molecule has 0 amide bonds. The predicted octanol–water partition coefficient (Wildman–Crippen LogP) is 6.03. The van der Waals surface area contributed by atoms with Gasteiger partial charge in [0, 0.05) is 27.8 Å². The van der Waals surface area contributed by atoms with E-state index in [0.717, 1.165) is 0 Å². The Labute approximate surface area is 141 Å². The molecule has 0 unspecified atom stereocenters. The standard InChI is InChI=1S/C11H13NS.C7H11NS/c1-11(2,3)10-8-6-4-5-7-9(8)13-12-10;1-7(2,3)6-8-4-5-9-6/h4-7H,1-3H3;4-5H,1-3H3. The highest BCUT2D eigenvalue weighted by Gasteiger charge is 2.19. The fourth-order valence-corrected chi connectivity index (χ4v) is 3.71. The highest BCUT2D eigenvalue weighted by atomic mass is 32.1. The van der Waals surface area contributed by atoms with Crippen LogP contribution in [0.5, 0.6) is 0 Å². The molecule has 2 aromatic heterocycles. The van der Waals surface area contributed by atoms with Crippen molar-refractivity contribution in [3.8, 4) is 0 Å². The minimum absolute atomic E-state index is 0.152. The van der Waals surface area contributed by atoms with E-state index in [0.29, 0.717) is 0 Å². The van der Waals surface area contributed by atoms with Crippen LogP contribution in [0.25, 0.3) is 10.1 Å². The van der Waals surface area contributed by atoms with Crippen molar-refractivity contribution in [3.63, 3.8) is 0 Å². The first-order chi connectivity index (χ1) is 10.2. The third-order valence-corrected chi connectivity index (χ3v) is 5.19. The van der Waals surface area contributed by atoms with Crippen LogP contribution in [-0.2, 0) is 10.8 Å². The number of benzene rings is 1. The van der Waals surface area contributed by atoms with Crippen molar-refractivity contribution < 1.29 is 0 Å². The lowest BCUT2D eigenvalue weighted by Gasteiger charge is -2.15. The number of thiazole rings is 1. The van der Waals surface area contributed by atoms with E-state index in [9.17, 15) is 0 Å². The van der Waals surface area contributed by atoms with Gasteiger partial charge in [-0.1, -0.05) is 59.7 Å². The lowest BCUT2D eigenvalue weighted by molar-refractivity contribution is 0.581. The summed E-state index contributed by atoms with van der Waals surface area (Å²) in [5.74, 6) is 0. The van der Waals surface area contributed by atoms with Gasteiger partial charge in [-0.15, -0.1) is 11.3 Å². The van der Waals surface area contributed by atoms with Crippen LogP contribution in [0, 0.1) is 0 Å². The molecule has 3 rings (SSSR count). The van der Waals surface area contributed by atoms with E-state index in [2.05, 4.69) is 75.2 Å². The van der Waals surface area contributed by atoms with Gasteiger partial charge in [-0.05, 0) is 17.6 Å². The van der Waals surface area contributed by atoms with Crippen molar-refractivity contribution in [2.24, 2.45) is 0 Å². The summed E-state index contributed by atoms with van der Waals surface area (Å²) in [4.78, 5) is 4.21. The second kappa shape index (κ2) is 6.47. The second-order valence-electron chi connectivity index (χ2n) is 7.36. The van der Waals surface area contributed by atoms with Crippen LogP contribution in [0.3, 0.4) is 0 Å². The zero-order chi connectivity index (χ0) is 16.4. The molecule has 0 N–H and O–H groups in total. The molecular formula is C18H24N2S2. The molecule has 0 saturated heterocycles. The molecule has 0 aliphatic rings. The summed E-state index contributed by atoms with van der Waals surface area (Å²) in [5.41, 5.74) is 1.60. The summed E-state index contributed by atoms with van der Waals surface area (Å²) >= 11 is 3.31. The number of hydrogen-bond donors (Lipinski definition) is 0. The van der Waals surface area contributed by atoms with Gasteiger partial charge in [0.1, 0.15) is 0 Å². The van der Waals surface area contributed by atoms with Gasteiger partial charge in [0.15, 0.2) is 0 Å². The van der Waals surface area contributed by atoms with E-state index in [1.807, 2.05) is 11.6 Å². The minimum Gasteiger partial charge on any atom is -0.249 e. The average Bonchev–Trinajstić information content (AvgIpc) is 3.07. The quantitative estimate of drug-likeness (QED) is 0.502. The van der Waals surface area contributed by atoms with Crippen LogP contribution in [0.2, 0.25) is 0 Å². The summed E-state index contributed by atoms with van der Waals surface area (Å²) in [6.07, 6.45) is 1.85. The van der Waals surface area contributed by atoms with Crippen LogP contribution in [-0.4, -0.2) is 9.36 Å². The van der Waals surface area contributed by atoms with Crippen molar-refractivity contribution in [1.29, 1.82) is 0 Å². The van der Waals surface area contributed by atoms with Gasteiger partial charge >= 0.3 is 0 Å². The summed E-state index contributed by atoms with van der Waals surface area (Å²) in [6, 6.07) is 8.42. The smallest absolute Gasteiger partial charge is 0.0978 e. The Hall–Kier alpha value is -1.26. The lowest BCUT2D eigenvalue weighted by atomic mass is 9.90. The maximum atomic E-state index is 4.51. The molecule has 0 atom stereocenters. The Balaban J connectivity index is 0.000000172. The third kappa shape index (κ3) is 4.14. The molecule has 0 saturated carbocycles. The molecule has 0 fully saturated rings. The molecule has 2 nitrogen and oxygen atoms in total. The summed E-state index contributed by atoms with van der Waals surface area (Å²) < 4.78 is 5.79. The number of fused-ring (bicyclic) bond motifs is 1. The topological polar surface area (TPSA) is 25.8 Å². The highest BCUT2D eigenvalue weighted by molar-refractivity contribution is 7.13. The van der Waals surface area contributed by atoms with E-state index in [1.165, 1.54) is 20.8 Å². The Morgan fingerprint density at radius 2 is 1.59 bits per heavy atom. The summed E-state index contributed by atoms with van der Waals surface area (Å²) in [7, 11) is 0. The molecule has 1 aromatic carbocycles. The van der Waals surface area contributed by atoms with E-state index in [-0.39, 0.29) is 10.8 Å². The van der Waals surface area contributed by atoms with E-state index < -0.39 is 0 Å². The molecule has 0 bridgehead atoms. The maximum absolute atomic E-state index is 4.51. The van der Waals surface area contributed by atoms with Crippen molar-refractivity contribution in [2.75, 3.05) is 0 Å². The fraction of sp³-hybridized carbons (Fsp3) is 0.444. The average molecular weight is 333 g/mol. The molecule has 0 aliphatic heterocycles. The number of rotatable bonds is 0. The van der Waals surface area contributed by atoms with Crippen LogP contribution >= 0.6 is 22.9 Å². The predicted molar refractivity (Wildman–Crippen MR) is 99.1 cm³/mol. The first kappa shape index (κ1) is 17.1. The fourth-order valence-electron chi connectivity index (χ4n) is 2.02. The van der Waals surface area contributed by atoms with Gasteiger partial charge in [-0.25, -0.2) is 4.98 Å². The molecule has 4 heteroatoms. The summed E-state index contributed by atoms with van der Waals surface area (Å²) in [6.45, 7) is 13.1. The Bertz CT molecular complexity index is 713. The van der Waals surface area contributed by atoms with Crippen molar-refractivity contribution >= 4 is 33.0 Å². The highest BCUT2D eigenvalue weighted by Crippen LogP contribution is 2.31. The molecule has 118 valence electrons. The largest absolute Gasteiger partial charge is 0.249 e. The molecule has 0 aliphatic carbocycles. The monoisotopic (exact) mass is 332 g/mol. The van der Waals surface area contributed by atoms with Crippen molar-refractivity contribution in [1.82, 2.24) is 9.36 Å². The molecule has 0 radical (unpaired) electrons. The van der Waals surface area contributed by atoms with Gasteiger partial charge in [-0.3, -0.25) is 0 Å². The summed E-state index contributed by atoms with van der Waals surface area (Å²) in [5, 5.41) is 4.53. The minimum atomic E-state index is 0.152. The Morgan fingerprint density at radius 3 is 2.09 bits per heavy atom. The van der Waals surface area contributed by atoms with Crippen LogP contribution in [0.1, 0.15) is 52.2 Å². The Kier molecular flexibility index (Phi) is 5.03.